The molecule has 0 aliphatic rings. The van der Waals surface area contributed by atoms with Crippen molar-refractivity contribution < 1.29 is 23.4 Å². The molecule has 1 aromatic carbocycles. The SMILES string of the molecule is COC(CF)(COC(=O)c1ccccc1)OC. The predicted molar refractivity (Wildman–Crippen MR) is 59.4 cm³/mol. The summed E-state index contributed by atoms with van der Waals surface area (Å²) in [7, 11) is 2.58. The van der Waals surface area contributed by atoms with Crippen molar-refractivity contribution in [3.05, 3.63) is 35.9 Å². The van der Waals surface area contributed by atoms with Crippen molar-refractivity contribution >= 4 is 5.97 Å². The van der Waals surface area contributed by atoms with Gasteiger partial charge in [0.25, 0.3) is 0 Å². The number of ether oxygens (including phenoxy) is 3. The van der Waals surface area contributed by atoms with Gasteiger partial charge in [-0.15, -0.1) is 0 Å². The molecule has 0 unspecified atom stereocenters. The highest BCUT2D eigenvalue weighted by molar-refractivity contribution is 5.89. The molecule has 0 atom stereocenters. The van der Waals surface area contributed by atoms with Crippen LogP contribution < -0.4 is 0 Å². The van der Waals surface area contributed by atoms with Gasteiger partial charge in [0.05, 0.1) is 5.56 Å². The molecular weight excluding hydrogens is 227 g/mol. The molecule has 0 aromatic heterocycles. The second-order valence-electron chi connectivity index (χ2n) is 3.39. The van der Waals surface area contributed by atoms with Gasteiger partial charge in [-0.1, -0.05) is 18.2 Å². The average molecular weight is 242 g/mol. The molecule has 5 heteroatoms. The summed E-state index contributed by atoms with van der Waals surface area (Å²) >= 11 is 0. The first-order chi connectivity index (χ1) is 8.17. The van der Waals surface area contributed by atoms with Crippen LogP contribution in [0.3, 0.4) is 0 Å². The molecule has 0 spiro atoms. The Bertz CT molecular complexity index is 341. The fourth-order valence-corrected chi connectivity index (χ4v) is 1.18. The van der Waals surface area contributed by atoms with E-state index in [1.54, 1.807) is 30.3 Å². The minimum absolute atomic E-state index is 0.301. The van der Waals surface area contributed by atoms with E-state index in [2.05, 4.69) is 0 Å². The van der Waals surface area contributed by atoms with Crippen LogP contribution in [0.5, 0.6) is 0 Å². The minimum Gasteiger partial charge on any atom is -0.456 e. The summed E-state index contributed by atoms with van der Waals surface area (Å²) in [5.41, 5.74) is 0.396. The van der Waals surface area contributed by atoms with Gasteiger partial charge < -0.3 is 14.2 Å². The zero-order valence-corrected chi connectivity index (χ0v) is 9.81. The van der Waals surface area contributed by atoms with Crippen molar-refractivity contribution in [1.82, 2.24) is 0 Å². The Morgan fingerprint density at radius 1 is 1.24 bits per heavy atom. The van der Waals surface area contributed by atoms with Crippen LogP contribution in [-0.4, -0.2) is 39.3 Å². The maximum Gasteiger partial charge on any atom is 0.338 e. The van der Waals surface area contributed by atoms with Crippen molar-refractivity contribution in [2.45, 2.75) is 5.79 Å². The van der Waals surface area contributed by atoms with Crippen LogP contribution in [0.2, 0.25) is 0 Å². The van der Waals surface area contributed by atoms with E-state index in [4.69, 9.17) is 14.2 Å². The van der Waals surface area contributed by atoms with E-state index >= 15 is 0 Å². The molecule has 0 amide bonds. The van der Waals surface area contributed by atoms with Gasteiger partial charge in [0, 0.05) is 14.2 Å². The number of halogens is 1. The van der Waals surface area contributed by atoms with Crippen molar-refractivity contribution in [3.63, 3.8) is 0 Å². The number of hydrogen-bond donors (Lipinski definition) is 0. The van der Waals surface area contributed by atoms with Crippen molar-refractivity contribution in [3.8, 4) is 0 Å². The smallest absolute Gasteiger partial charge is 0.338 e. The number of rotatable bonds is 6. The second kappa shape index (κ2) is 6.32. The summed E-state index contributed by atoms with van der Waals surface area (Å²) in [5, 5.41) is 0. The summed E-state index contributed by atoms with van der Waals surface area (Å²) < 4.78 is 27.4. The maximum atomic E-state index is 12.7. The van der Waals surface area contributed by atoms with Crippen LogP contribution in [0.1, 0.15) is 10.4 Å². The molecule has 0 saturated heterocycles. The van der Waals surface area contributed by atoms with Crippen LogP contribution in [0.25, 0.3) is 0 Å². The Balaban J connectivity index is 2.59. The maximum absolute atomic E-state index is 12.7. The number of carbonyl (C=O) groups is 1. The number of benzene rings is 1. The van der Waals surface area contributed by atoms with Crippen LogP contribution in [0.15, 0.2) is 30.3 Å². The average Bonchev–Trinajstić information content (AvgIpc) is 2.41. The molecule has 0 aliphatic heterocycles. The first-order valence-electron chi connectivity index (χ1n) is 5.06. The predicted octanol–water partition coefficient (Wildman–Crippen LogP) is 1.80. The fourth-order valence-electron chi connectivity index (χ4n) is 1.18. The van der Waals surface area contributed by atoms with E-state index in [0.717, 1.165) is 0 Å². The molecule has 0 saturated carbocycles. The highest BCUT2D eigenvalue weighted by Gasteiger charge is 2.32. The summed E-state index contributed by atoms with van der Waals surface area (Å²) in [4.78, 5) is 11.6. The number of alkyl halides is 1. The highest BCUT2D eigenvalue weighted by Crippen LogP contribution is 2.13. The molecule has 1 aromatic rings. The number of carbonyl (C=O) groups excluding carboxylic acids is 1. The first-order valence-corrected chi connectivity index (χ1v) is 5.06. The molecule has 0 bridgehead atoms. The Labute approximate surface area is 99.3 Å². The number of esters is 1. The zero-order valence-electron chi connectivity index (χ0n) is 9.81. The number of hydrogen-bond acceptors (Lipinski definition) is 4. The Kier molecular flexibility index (Phi) is 5.06. The summed E-state index contributed by atoms with van der Waals surface area (Å²) in [5.74, 6) is -2.07. The number of methoxy groups -OCH3 is 2. The quantitative estimate of drug-likeness (QED) is 0.563. The van der Waals surface area contributed by atoms with Gasteiger partial charge in [-0.05, 0) is 12.1 Å². The lowest BCUT2D eigenvalue weighted by atomic mass is 10.2. The van der Waals surface area contributed by atoms with E-state index < -0.39 is 18.4 Å². The van der Waals surface area contributed by atoms with Crippen molar-refractivity contribution in [2.24, 2.45) is 0 Å². The van der Waals surface area contributed by atoms with Gasteiger partial charge in [0.2, 0.25) is 5.79 Å². The summed E-state index contributed by atoms with van der Waals surface area (Å²) in [6, 6.07) is 8.43. The van der Waals surface area contributed by atoms with E-state index in [-0.39, 0.29) is 6.61 Å². The van der Waals surface area contributed by atoms with E-state index in [1.807, 2.05) is 0 Å². The van der Waals surface area contributed by atoms with Crippen molar-refractivity contribution in [2.75, 3.05) is 27.5 Å². The lowest BCUT2D eigenvalue weighted by molar-refractivity contribution is -0.234. The van der Waals surface area contributed by atoms with Gasteiger partial charge >= 0.3 is 5.97 Å². The molecule has 0 fully saturated rings. The Morgan fingerprint density at radius 3 is 2.29 bits per heavy atom. The Hall–Kier alpha value is -1.46. The molecule has 4 nitrogen and oxygen atoms in total. The first kappa shape index (κ1) is 13.6. The van der Waals surface area contributed by atoms with E-state index in [9.17, 15) is 9.18 Å². The third-order valence-corrected chi connectivity index (χ3v) is 2.38. The van der Waals surface area contributed by atoms with Gasteiger partial charge in [-0.25, -0.2) is 9.18 Å². The minimum atomic E-state index is -1.52. The molecule has 0 heterocycles. The zero-order chi connectivity index (χ0) is 12.7. The lowest BCUT2D eigenvalue weighted by Gasteiger charge is -2.26. The standard InChI is InChI=1S/C12H15FO4/c1-15-12(8-13,16-2)9-17-11(14)10-6-4-3-5-7-10/h3-7H,8-9H2,1-2H3. The lowest BCUT2D eigenvalue weighted by Crippen LogP contribution is -2.42. The molecule has 0 aliphatic carbocycles. The van der Waals surface area contributed by atoms with Crippen LogP contribution in [-0.2, 0) is 14.2 Å². The van der Waals surface area contributed by atoms with E-state index in [1.165, 1.54) is 14.2 Å². The van der Waals surface area contributed by atoms with Gasteiger partial charge in [-0.3, -0.25) is 0 Å². The third-order valence-electron chi connectivity index (χ3n) is 2.38. The molecule has 0 N–H and O–H groups in total. The fraction of sp³-hybridized carbons (Fsp3) is 0.417. The topological polar surface area (TPSA) is 44.8 Å². The van der Waals surface area contributed by atoms with Gasteiger partial charge in [-0.2, -0.15) is 0 Å². The third kappa shape index (κ3) is 3.51. The second-order valence-corrected chi connectivity index (χ2v) is 3.39. The van der Waals surface area contributed by atoms with Gasteiger partial charge in [0.1, 0.15) is 13.3 Å². The van der Waals surface area contributed by atoms with E-state index in [0.29, 0.717) is 5.56 Å². The molecule has 0 radical (unpaired) electrons. The van der Waals surface area contributed by atoms with Gasteiger partial charge in [0.15, 0.2) is 0 Å². The molecule has 1 rings (SSSR count). The molecule has 94 valence electrons. The summed E-state index contributed by atoms with van der Waals surface area (Å²) in [6.07, 6.45) is 0. The van der Waals surface area contributed by atoms with Crippen molar-refractivity contribution in [1.29, 1.82) is 0 Å². The molecular formula is C12H15FO4. The summed E-state index contributed by atoms with van der Waals surface area (Å²) in [6.45, 7) is -1.20. The Morgan fingerprint density at radius 2 is 1.82 bits per heavy atom. The highest BCUT2D eigenvalue weighted by atomic mass is 19.1. The van der Waals surface area contributed by atoms with Crippen LogP contribution >= 0.6 is 0 Å². The molecule has 17 heavy (non-hydrogen) atoms. The monoisotopic (exact) mass is 242 g/mol. The largest absolute Gasteiger partial charge is 0.456 e. The normalized spacial score (nSPS) is 11.2. The van der Waals surface area contributed by atoms with Crippen LogP contribution in [0.4, 0.5) is 4.39 Å². The van der Waals surface area contributed by atoms with Crippen LogP contribution in [0, 0.1) is 0 Å².